The first kappa shape index (κ1) is 26.8. The minimum absolute atomic E-state index is 0.0400. The molecule has 0 saturated carbocycles. The first-order chi connectivity index (χ1) is 16.5. The maximum Gasteiger partial charge on any atom is 0.319 e. The van der Waals surface area contributed by atoms with Crippen molar-refractivity contribution in [1.29, 1.82) is 0 Å². The van der Waals surface area contributed by atoms with Crippen molar-refractivity contribution in [3.8, 4) is 5.88 Å². The Hall–Kier alpha value is -2.83. The zero-order valence-electron chi connectivity index (χ0n) is 20.2. The summed E-state index contributed by atoms with van der Waals surface area (Å²) in [6.45, 7) is 10.1. The monoisotopic (exact) mass is 511 g/mol. The highest BCUT2D eigenvalue weighted by Gasteiger charge is 2.25. The van der Waals surface area contributed by atoms with E-state index in [1.165, 1.54) is 19.1 Å². The van der Waals surface area contributed by atoms with Gasteiger partial charge in [-0.2, -0.15) is 4.37 Å². The number of nitrogens with zero attached hydrogens (tertiary/aromatic N) is 2. The van der Waals surface area contributed by atoms with Gasteiger partial charge >= 0.3 is 6.03 Å². The summed E-state index contributed by atoms with van der Waals surface area (Å²) in [5.74, 6) is -2.86. The zero-order valence-corrected chi connectivity index (χ0v) is 21.0. The number of amides is 3. The second-order valence-electron chi connectivity index (χ2n) is 8.93. The van der Waals surface area contributed by atoms with Gasteiger partial charge in [-0.25, -0.2) is 13.6 Å². The molecular formula is C23H31F2N5O4S. The average molecular weight is 512 g/mol. The quantitative estimate of drug-likeness (QED) is 0.476. The van der Waals surface area contributed by atoms with Crippen molar-refractivity contribution >= 4 is 28.5 Å². The molecule has 3 amide bonds. The lowest BCUT2D eigenvalue weighted by molar-refractivity contribution is -0.0707. The van der Waals surface area contributed by atoms with Gasteiger partial charge in [0.15, 0.2) is 11.6 Å². The van der Waals surface area contributed by atoms with E-state index in [2.05, 4.69) is 19.9 Å². The minimum Gasteiger partial charge on any atom is -0.471 e. The summed E-state index contributed by atoms with van der Waals surface area (Å²) in [4.78, 5) is 26.7. The second-order valence-corrected chi connectivity index (χ2v) is 9.70. The number of benzene rings is 1. The maximum atomic E-state index is 14.1. The number of halogens is 2. The summed E-state index contributed by atoms with van der Waals surface area (Å²) in [6.07, 6.45) is 0.331. The summed E-state index contributed by atoms with van der Waals surface area (Å²) in [5, 5.41) is 5.45. The van der Waals surface area contributed by atoms with Crippen LogP contribution in [0.3, 0.4) is 0 Å². The molecule has 0 aliphatic carbocycles. The molecule has 3 unspecified atom stereocenters. The van der Waals surface area contributed by atoms with Crippen LogP contribution in [0.4, 0.5) is 18.6 Å². The molecule has 192 valence electrons. The molecule has 3 atom stereocenters. The number of nitrogens with two attached hydrogens (primary N) is 1. The van der Waals surface area contributed by atoms with Crippen molar-refractivity contribution in [3.05, 3.63) is 40.5 Å². The van der Waals surface area contributed by atoms with Crippen LogP contribution in [0.5, 0.6) is 5.88 Å². The Morgan fingerprint density at radius 2 is 1.97 bits per heavy atom. The van der Waals surface area contributed by atoms with Crippen LogP contribution < -0.4 is 21.1 Å². The Balaban J connectivity index is 1.55. The Labute approximate surface area is 207 Å². The van der Waals surface area contributed by atoms with E-state index in [1.807, 2.05) is 20.8 Å². The number of aryl methyl sites for hydroxylation is 1. The van der Waals surface area contributed by atoms with E-state index >= 15 is 0 Å². The standard InChI is InChI=1S/C23H31F2N5O4S/c1-12(8-30-9-14(3)34-15(4)10-30)7-27-23(32)28-22-17(20(26)31)21(29-35-22)33-11-16-6-5-13(2)18(24)19(16)25/h5-6,12,14-15H,7-11H2,1-4H3,(H2,26,31)(H2,27,28,32). The first-order valence-electron chi connectivity index (χ1n) is 11.3. The summed E-state index contributed by atoms with van der Waals surface area (Å²) >= 11 is 0.803. The van der Waals surface area contributed by atoms with Gasteiger partial charge in [0.2, 0.25) is 5.88 Å². The van der Waals surface area contributed by atoms with E-state index in [0.29, 0.717) is 6.54 Å². The molecule has 35 heavy (non-hydrogen) atoms. The third kappa shape index (κ3) is 7.09. The third-order valence-corrected chi connectivity index (χ3v) is 6.28. The highest BCUT2D eigenvalue weighted by molar-refractivity contribution is 7.11. The molecule has 4 N–H and O–H groups in total. The zero-order chi connectivity index (χ0) is 25.7. The van der Waals surface area contributed by atoms with Crippen LogP contribution >= 0.6 is 11.5 Å². The van der Waals surface area contributed by atoms with Crippen LogP contribution in [0.2, 0.25) is 0 Å². The van der Waals surface area contributed by atoms with Gasteiger partial charge in [-0.3, -0.25) is 15.0 Å². The van der Waals surface area contributed by atoms with Crippen molar-refractivity contribution in [2.75, 3.05) is 31.5 Å². The van der Waals surface area contributed by atoms with Gasteiger partial charge in [-0.1, -0.05) is 19.1 Å². The molecule has 9 nitrogen and oxygen atoms in total. The average Bonchev–Trinajstić information content (AvgIpc) is 3.17. The van der Waals surface area contributed by atoms with Crippen molar-refractivity contribution in [2.24, 2.45) is 11.7 Å². The number of anilines is 1. The van der Waals surface area contributed by atoms with Crippen LogP contribution in [0.1, 0.15) is 42.3 Å². The van der Waals surface area contributed by atoms with Crippen molar-refractivity contribution in [3.63, 3.8) is 0 Å². The van der Waals surface area contributed by atoms with Gasteiger partial charge < -0.3 is 20.5 Å². The summed E-state index contributed by atoms with van der Waals surface area (Å²) in [6, 6.07) is 2.28. The number of nitrogens with one attached hydrogen (secondary N) is 2. The molecular weight excluding hydrogens is 480 g/mol. The normalized spacial score (nSPS) is 19.3. The van der Waals surface area contributed by atoms with Crippen LogP contribution in [-0.2, 0) is 11.3 Å². The van der Waals surface area contributed by atoms with Crippen LogP contribution in [-0.4, -0.2) is 59.6 Å². The van der Waals surface area contributed by atoms with Gasteiger partial charge in [0.25, 0.3) is 5.91 Å². The van der Waals surface area contributed by atoms with Crippen molar-refractivity contribution in [2.45, 2.75) is 46.5 Å². The summed E-state index contributed by atoms with van der Waals surface area (Å²) < 4.78 is 43.1. The molecule has 0 radical (unpaired) electrons. The number of carbonyl (C=O) groups is 2. The van der Waals surface area contributed by atoms with Gasteiger partial charge in [-0.05, 0) is 43.8 Å². The largest absolute Gasteiger partial charge is 0.471 e. The Morgan fingerprint density at radius 3 is 2.63 bits per heavy atom. The third-order valence-electron chi connectivity index (χ3n) is 5.53. The summed E-state index contributed by atoms with van der Waals surface area (Å²) in [7, 11) is 0. The molecule has 0 bridgehead atoms. The van der Waals surface area contributed by atoms with Gasteiger partial charge in [0.05, 0.1) is 12.2 Å². The topological polar surface area (TPSA) is 119 Å². The molecule has 1 aromatic carbocycles. The van der Waals surface area contributed by atoms with E-state index in [1.54, 1.807) is 0 Å². The Bertz CT molecular complexity index is 1060. The number of rotatable bonds is 9. The number of primary amides is 1. The lowest BCUT2D eigenvalue weighted by Crippen LogP contribution is -2.48. The minimum atomic E-state index is -1.03. The molecule has 2 aromatic rings. The fraction of sp³-hybridized carbons (Fsp3) is 0.522. The molecule has 12 heteroatoms. The SMILES string of the molecule is Cc1ccc(COc2nsc(NC(=O)NCC(C)CN3CC(C)OC(C)C3)c2C(N)=O)c(F)c1F. The molecule has 1 aromatic heterocycles. The number of ether oxygens (including phenoxy) is 2. The van der Waals surface area contributed by atoms with Crippen LogP contribution in [0, 0.1) is 24.5 Å². The molecule has 1 fully saturated rings. The number of morpholine rings is 1. The number of carbonyl (C=O) groups excluding carboxylic acids is 2. The van der Waals surface area contributed by atoms with Crippen molar-refractivity contribution < 1.29 is 27.8 Å². The van der Waals surface area contributed by atoms with Gasteiger partial charge in [0, 0.05) is 31.7 Å². The predicted octanol–water partition coefficient (Wildman–Crippen LogP) is 3.27. The number of hydrogen-bond donors (Lipinski definition) is 3. The number of aromatic nitrogens is 1. The number of urea groups is 1. The maximum absolute atomic E-state index is 14.1. The predicted molar refractivity (Wildman–Crippen MR) is 129 cm³/mol. The smallest absolute Gasteiger partial charge is 0.319 e. The molecule has 1 saturated heterocycles. The van der Waals surface area contributed by atoms with Crippen LogP contribution in [0.15, 0.2) is 12.1 Å². The van der Waals surface area contributed by atoms with Crippen molar-refractivity contribution in [1.82, 2.24) is 14.6 Å². The molecule has 3 rings (SSSR count). The Kier molecular flexibility index (Phi) is 8.98. The van der Waals surface area contributed by atoms with E-state index in [0.717, 1.165) is 31.2 Å². The lowest BCUT2D eigenvalue weighted by atomic mass is 10.1. The number of hydrogen-bond acceptors (Lipinski definition) is 7. The molecule has 1 aliphatic rings. The van der Waals surface area contributed by atoms with E-state index in [4.69, 9.17) is 15.2 Å². The van der Waals surface area contributed by atoms with Gasteiger partial charge in [0.1, 0.15) is 17.2 Å². The fourth-order valence-electron chi connectivity index (χ4n) is 3.97. The van der Waals surface area contributed by atoms with Crippen LogP contribution in [0.25, 0.3) is 0 Å². The fourth-order valence-corrected chi connectivity index (χ4v) is 4.71. The highest BCUT2D eigenvalue weighted by atomic mass is 32.1. The summed E-state index contributed by atoms with van der Waals surface area (Å²) in [5.41, 5.74) is 5.44. The molecule has 2 heterocycles. The lowest BCUT2D eigenvalue weighted by Gasteiger charge is -2.36. The first-order valence-corrected chi connectivity index (χ1v) is 12.1. The van der Waals surface area contributed by atoms with E-state index in [-0.39, 0.29) is 52.3 Å². The molecule has 0 spiro atoms. The Morgan fingerprint density at radius 1 is 1.29 bits per heavy atom. The van der Waals surface area contributed by atoms with E-state index < -0.39 is 23.6 Å². The van der Waals surface area contributed by atoms with E-state index in [9.17, 15) is 18.4 Å². The molecule has 1 aliphatic heterocycles. The van der Waals surface area contributed by atoms with Gasteiger partial charge in [-0.15, -0.1) is 0 Å². The highest BCUT2D eigenvalue weighted by Crippen LogP contribution is 2.31. The second kappa shape index (κ2) is 11.7.